The second kappa shape index (κ2) is 4.97. The monoisotopic (exact) mass is 234 g/mol. The fourth-order valence-corrected chi connectivity index (χ4v) is 1.77. The van der Waals surface area contributed by atoms with E-state index in [0.29, 0.717) is 24.2 Å². The molecule has 0 saturated carbocycles. The summed E-state index contributed by atoms with van der Waals surface area (Å²) in [6.45, 7) is 0.132. The largest absolute Gasteiger partial charge is 0.464 e. The van der Waals surface area contributed by atoms with E-state index in [0.717, 1.165) is 5.56 Å². The second-order valence-electron chi connectivity index (χ2n) is 3.72. The minimum atomic E-state index is -0.390. The number of hydrogen-bond acceptors (Lipinski definition) is 4. The molecule has 0 radical (unpaired) electrons. The van der Waals surface area contributed by atoms with Crippen molar-refractivity contribution in [1.29, 1.82) is 0 Å². The van der Waals surface area contributed by atoms with Crippen LogP contribution in [0.4, 0.5) is 0 Å². The molecule has 0 aliphatic heterocycles. The lowest BCUT2D eigenvalue weighted by molar-refractivity contribution is 0.0592. The number of pyridine rings is 1. The third kappa shape index (κ3) is 2.29. The molecule has 0 amide bonds. The summed E-state index contributed by atoms with van der Waals surface area (Å²) in [4.78, 5) is 15.8. The van der Waals surface area contributed by atoms with E-state index in [4.69, 9.17) is 9.84 Å². The van der Waals surface area contributed by atoms with E-state index in [1.54, 1.807) is 22.9 Å². The molecule has 0 fully saturated rings. The van der Waals surface area contributed by atoms with Crippen LogP contribution in [0.3, 0.4) is 0 Å². The lowest BCUT2D eigenvalue weighted by atomic mass is 10.1. The molecular formula is C12H14N2O3. The van der Waals surface area contributed by atoms with Crippen molar-refractivity contribution < 1.29 is 14.6 Å². The van der Waals surface area contributed by atoms with Gasteiger partial charge in [0.2, 0.25) is 0 Å². The van der Waals surface area contributed by atoms with Gasteiger partial charge < -0.3 is 9.84 Å². The van der Waals surface area contributed by atoms with Gasteiger partial charge in [0.25, 0.3) is 0 Å². The fourth-order valence-electron chi connectivity index (χ4n) is 1.77. The molecular weight excluding hydrogens is 220 g/mol. The van der Waals surface area contributed by atoms with Crippen LogP contribution in [0.15, 0.2) is 24.5 Å². The lowest BCUT2D eigenvalue weighted by Crippen LogP contribution is -2.08. The Hall–Kier alpha value is -1.88. The number of ether oxygens (including phenoxy) is 1. The van der Waals surface area contributed by atoms with E-state index in [9.17, 15) is 4.79 Å². The summed E-state index contributed by atoms with van der Waals surface area (Å²) >= 11 is 0. The standard InChI is InChI=1S/C12H14N2O3/c1-17-12(16)10-7-9(3-2-6-15)8-11-13-4-5-14(10)11/h4-5,7-8,15H,2-3,6H2,1H3. The molecule has 0 atom stereocenters. The number of fused-ring (bicyclic) bond motifs is 1. The van der Waals surface area contributed by atoms with Crippen LogP contribution in [0, 0.1) is 0 Å². The Kier molecular flexibility index (Phi) is 3.39. The maximum atomic E-state index is 11.6. The van der Waals surface area contributed by atoms with Gasteiger partial charge in [0.15, 0.2) is 0 Å². The SMILES string of the molecule is COC(=O)c1cc(CCCO)cc2nccn12. The van der Waals surface area contributed by atoms with Crippen LogP contribution >= 0.6 is 0 Å². The van der Waals surface area contributed by atoms with Crippen molar-refractivity contribution in [3.8, 4) is 0 Å². The summed E-state index contributed by atoms with van der Waals surface area (Å²) in [6.07, 6.45) is 4.73. The molecule has 2 rings (SSSR count). The van der Waals surface area contributed by atoms with Crippen molar-refractivity contribution in [1.82, 2.24) is 9.38 Å². The Bertz CT molecular complexity index is 534. The lowest BCUT2D eigenvalue weighted by Gasteiger charge is -2.07. The van der Waals surface area contributed by atoms with Gasteiger partial charge in [-0.05, 0) is 30.5 Å². The molecule has 0 spiro atoms. The number of carbonyl (C=O) groups is 1. The van der Waals surface area contributed by atoms with Crippen molar-refractivity contribution in [2.75, 3.05) is 13.7 Å². The van der Waals surface area contributed by atoms with Crippen LogP contribution in [0.5, 0.6) is 0 Å². The third-order valence-electron chi connectivity index (χ3n) is 2.58. The van der Waals surface area contributed by atoms with Crippen LogP contribution in [0.25, 0.3) is 5.65 Å². The number of aliphatic hydroxyl groups excluding tert-OH is 1. The number of hydrogen-bond donors (Lipinski definition) is 1. The summed E-state index contributed by atoms with van der Waals surface area (Å²) in [6, 6.07) is 3.68. The molecule has 90 valence electrons. The quantitative estimate of drug-likeness (QED) is 0.803. The zero-order chi connectivity index (χ0) is 12.3. The van der Waals surface area contributed by atoms with Gasteiger partial charge in [0.05, 0.1) is 7.11 Å². The molecule has 2 aromatic rings. The van der Waals surface area contributed by atoms with Crippen molar-refractivity contribution in [2.45, 2.75) is 12.8 Å². The molecule has 17 heavy (non-hydrogen) atoms. The van der Waals surface area contributed by atoms with E-state index < -0.39 is 0 Å². The molecule has 5 nitrogen and oxygen atoms in total. The number of aryl methyl sites for hydroxylation is 1. The molecule has 1 N–H and O–H groups in total. The molecule has 2 aromatic heterocycles. The normalized spacial score (nSPS) is 10.7. The first-order valence-corrected chi connectivity index (χ1v) is 5.41. The van der Waals surface area contributed by atoms with E-state index in [1.807, 2.05) is 6.07 Å². The van der Waals surface area contributed by atoms with Gasteiger partial charge in [0.1, 0.15) is 11.3 Å². The summed E-state index contributed by atoms with van der Waals surface area (Å²) < 4.78 is 6.43. The van der Waals surface area contributed by atoms with Crippen molar-refractivity contribution in [2.24, 2.45) is 0 Å². The van der Waals surface area contributed by atoms with E-state index in [-0.39, 0.29) is 12.6 Å². The molecule has 0 unspecified atom stereocenters. The molecule has 2 heterocycles. The Morgan fingerprint density at radius 1 is 1.53 bits per heavy atom. The smallest absolute Gasteiger partial charge is 0.355 e. The topological polar surface area (TPSA) is 63.8 Å². The van der Waals surface area contributed by atoms with Crippen molar-refractivity contribution >= 4 is 11.6 Å². The summed E-state index contributed by atoms with van der Waals surface area (Å²) in [5.41, 5.74) is 2.13. The number of esters is 1. The van der Waals surface area contributed by atoms with Gasteiger partial charge in [-0.25, -0.2) is 9.78 Å². The number of rotatable bonds is 4. The van der Waals surface area contributed by atoms with E-state index >= 15 is 0 Å². The molecule has 5 heteroatoms. The third-order valence-corrected chi connectivity index (χ3v) is 2.58. The van der Waals surface area contributed by atoms with E-state index in [1.165, 1.54) is 7.11 Å². The zero-order valence-electron chi connectivity index (χ0n) is 9.59. The highest BCUT2D eigenvalue weighted by Crippen LogP contribution is 2.13. The van der Waals surface area contributed by atoms with Gasteiger partial charge in [-0.2, -0.15) is 0 Å². The first-order chi connectivity index (χ1) is 8.26. The minimum absolute atomic E-state index is 0.132. The average molecular weight is 234 g/mol. The average Bonchev–Trinajstić information content (AvgIpc) is 2.82. The molecule has 0 aliphatic carbocycles. The second-order valence-corrected chi connectivity index (χ2v) is 3.72. The number of aliphatic hydroxyl groups is 1. The fraction of sp³-hybridized carbons (Fsp3) is 0.333. The van der Waals surface area contributed by atoms with Crippen molar-refractivity contribution in [3.05, 3.63) is 35.8 Å². The molecule has 0 saturated heterocycles. The van der Waals surface area contributed by atoms with Gasteiger partial charge in [0, 0.05) is 19.0 Å². The predicted octanol–water partition coefficient (Wildman–Crippen LogP) is 1.05. The van der Waals surface area contributed by atoms with Gasteiger partial charge in [-0.15, -0.1) is 0 Å². The summed E-state index contributed by atoms with van der Waals surface area (Å²) in [7, 11) is 1.35. The first-order valence-electron chi connectivity index (χ1n) is 5.41. The van der Waals surface area contributed by atoms with Gasteiger partial charge in [-0.3, -0.25) is 4.40 Å². The number of carbonyl (C=O) groups excluding carboxylic acids is 1. The van der Waals surface area contributed by atoms with E-state index in [2.05, 4.69) is 4.98 Å². The van der Waals surface area contributed by atoms with Crippen LogP contribution in [-0.4, -0.2) is 34.2 Å². The number of imidazole rings is 1. The predicted molar refractivity (Wildman–Crippen MR) is 61.9 cm³/mol. The first kappa shape index (κ1) is 11.6. The minimum Gasteiger partial charge on any atom is -0.464 e. The van der Waals surface area contributed by atoms with Gasteiger partial charge >= 0.3 is 5.97 Å². The van der Waals surface area contributed by atoms with Gasteiger partial charge in [-0.1, -0.05) is 0 Å². The Labute approximate surface area is 98.7 Å². The number of nitrogens with zero attached hydrogens (tertiary/aromatic N) is 2. The molecule has 0 aliphatic rings. The van der Waals surface area contributed by atoms with Crippen molar-refractivity contribution in [3.63, 3.8) is 0 Å². The highest BCUT2D eigenvalue weighted by molar-refractivity contribution is 5.88. The number of methoxy groups -OCH3 is 1. The van der Waals surface area contributed by atoms with Crippen LogP contribution in [0.1, 0.15) is 22.5 Å². The highest BCUT2D eigenvalue weighted by atomic mass is 16.5. The summed E-state index contributed by atoms with van der Waals surface area (Å²) in [5, 5.41) is 8.81. The maximum Gasteiger partial charge on any atom is 0.355 e. The Morgan fingerprint density at radius 2 is 2.35 bits per heavy atom. The number of aromatic nitrogens is 2. The Balaban J connectivity index is 2.47. The maximum absolute atomic E-state index is 11.6. The van der Waals surface area contributed by atoms with Crippen LogP contribution in [0.2, 0.25) is 0 Å². The molecule has 0 bridgehead atoms. The zero-order valence-corrected chi connectivity index (χ0v) is 9.59. The summed E-state index contributed by atoms with van der Waals surface area (Å²) in [5.74, 6) is -0.390. The van der Waals surface area contributed by atoms with Crippen LogP contribution < -0.4 is 0 Å². The highest BCUT2D eigenvalue weighted by Gasteiger charge is 2.12. The molecule has 0 aromatic carbocycles. The Morgan fingerprint density at radius 3 is 3.06 bits per heavy atom. The van der Waals surface area contributed by atoms with Crippen LogP contribution in [-0.2, 0) is 11.2 Å².